The molecule has 0 aliphatic heterocycles. The molecule has 0 amide bonds. The molecule has 12 heavy (non-hydrogen) atoms. The molecular formula is C8H12N2O2. The number of ether oxygens (including phenoxy) is 1. The van der Waals surface area contributed by atoms with Gasteiger partial charge in [-0.15, -0.1) is 0 Å². The fraction of sp³-hybridized carbons (Fsp3) is 0.375. The maximum atomic E-state index is 9.26. The summed E-state index contributed by atoms with van der Waals surface area (Å²) in [4.78, 5) is 0. The van der Waals surface area contributed by atoms with Crippen molar-refractivity contribution in [3.63, 3.8) is 0 Å². The van der Waals surface area contributed by atoms with E-state index in [4.69, 9.17) is 10.1 Å². The Morgan fingerprint density at radius 3 is 2.92 bits per heavy atom. The highest BCUT2D eigenvalue weighted by molar-refractivity contribution is 5.23. The molecule has 0 saturated heterocycles. The van der Waals surface area contributed by atoms with E-state index in [-0.39, 0.29) is 0 Å². The number of rotatable bonds is 2. The van der Waals surface area contributed by atoms with Gasteiger partial charge in [-0.25, -0.2) is 0 Å². The van der Waals surface area contributed by atoms with Crippen LogP contribution >= 0.6 is 0 Å². The number of hydrogen-bond donors (Lipinski definition) is 2. The predicted molar refractivity (Wildman–Crippen MR) is 43.4 cm³/mol. The monoisotopic (exact) mass is 168 g/mol. The zero-order chi connectivity index (χ0) is 9.14. The van der Waals surface area contributed by atoms with E-state index < -0.39 is 0 Å². The molecule has 1 aromatic heterocycles. The van der Waals surface area contributed by atoms with Crippen molar-refractivity contribution in [2.24, 2.45) is 0 Å². The summed E-state index contributed by atoms with van der Waals surface area (Å²) in [5, 5.41) is 17.1. The number of nitrogens with zero attached hydrogens (tertiary/aromatic N) is 1. The summed E-state index contributed by atoms with van der Waals surface area (Å²) in [6.45, 7) is 4.04. The van der Waals surface area contributed by atoms with Crippen molar-refractivity contribution in [1.82, 2.24) is 4.73 Å². The van der Waals surface area contributed by atoms with E-state index in [1.54, 1.807) is 6.92 Å². The van der Waals surface area contributed by atoms with E-state index in [2.05, 4.69) is 0 Å². The summed E-state index contributed by atoms with van der Waals surface area (Å²) in [6, 6.07) is 1.51. The zero-order valence-corrected chi connectivity index (χ0v) is 7.16. The fourth-order valence-electron chi connectivity index (χ4n) is 0.936. The Morgan fingerprint density at radius 2 is 2.33 bits per heavy atom. The lowest BCUT2D eigenvalue weighted by atomic mass is 10.3. The topological polar surface area (TPSA) is 58.2 Å². The average molecular weight is 168 g/mol. The standard InChI is InChI=1S/C8H12N2O2/c1-3-12-8-6(2)7(9)4-5-10(8)11/h4-5,9,11H,3H2,1-2H3. The minimum atomic E-state index is 0.338. The Hall–Kier alpha value is -1.45. The summed E-state index contributed by atoms with van der Waals surface area (Å²) < 4.78 is 6.03. The second-order valence-corrected chi connectivity index (χ2v) is 2.44. The van der Waals surface area contributed by atoms with Crippen molar-refractivity contribution in [1.29, 1.82) is 5.41 Å². The summed E-state index contributed by atoms with van der Waals surface area (Å²) in [5.74, 6) is 0.338. The Labute approximate surface area is 70.5 Å². The van der Waals surface area contributed by atoms with Crippen LogP contribution in [0.15, 0.2) is 12.3 Å². The molecule has 4 heteroatoms. The molecule has 0 unspecified atom stereocenters. The van der Waals surface area contributed by atoms with E-state index in [1.807, 2.05) is 6.92 Å². The highest BCUT2D eigenvalue weighted by atomic mass is 16.5. The Balaban J connectivity index is 3.23. The molecular weight excluding hydrogens is 156 g/mol. The lowest BCUT2D eigenvalue weighted by molar-refractivity contribution is 0.138. The summed E-state index contributed by atoms with van der Waals surface area (Å²) in [6.07, 6.45) is 1.39. The lowest BCUT2D eigenvalue weighted by Gasteiger charge is -2.09. The van der Waals surface area contributed by atoms with Crippen molar-refractivity contribution in [2.45, 2.75) is 13.8 Å². The molecule has 2 N–H and O–H groups in total. The smallest absolute Gasteiger partial charge is 0.232 e. The number of hydrogen-bond acceptors (Lipinski definition) is 3. The highest BCUT2D eigenvalue weighted by Crippen LogP contribution is 2.10. The fourth-order valence-corrected chi connectivity index (χ4v) is 0.936. The van der Waals surface area contributed by atoms with Crippen LogP contribution in [0.1, 0.15) is 12.5 Å². The molecule has 1 rings (SSSR count). The van der Waals surface area contributed by atoms with Crippen LogP contribution in [0.5, 0.6) is 5.88 Å². The maximum Gasteiger partial charge on any atom is 0.232 e. The van der Waals surface area contributed by atoms with Gasteiger partial charge in [-0.1, -0.05) is 0 Å². The minimum Gasteiger partial charge on any atom is -0.477 e. The van der Waals surface area contributed by atoms with Crippen LogP contribution < -0.4 is 10.1 Å². The van der Waals surface area contributed by atoms with Gasteiger partial charge in [-0.05, 0) is 19.9 Å². The van der Waals surface area contributed by atoms with Gasteiger partial charge in [0, 0.05) is 11.8 Å². The Bertz CT molecular complexity index is 330. The molecule has 66 valence electrons. The first-order valence-corrected chi connectivity index (χ1v) is 3.75. The number of nitrogens with one attached hydrogen (secondary N) is 1. The highest BCUT2D eigenvalue weighted by Gasteiger charge is 2.04. The molecule has 1 aromatic rings. The van der Waals surface area contributed by atoms with Crippen LogP contribution in [0, 0.1) is 12.3 Å². The van der Waals surface area contributed by atoms with Crippen LogP contribution in [-0.4, -0.2) is 16.5 Å². The third kappa shape index (κ3) is 1.42. The van der Waals surface area contributed by atoms with Gasteiger partial charge in [0.05, 0.1) is 12.0 Å². The number of pyridine rings is 1. The SMILES string of the molecule is CCOc1c(C)c(=N)ccn1O. The van der Waals surface area contributed by atoms with Gasteiger partial charge in [-0.2, -0.15) is 4.73 Å². The first-order valence-electron chi connectivity index (χ1n) is 3.75. The van der Waals surface area contributed by atoms with Crippen molar-refractivity contribution in [3.05, 3.63) is 23.2 Å². The van der Waals surface area contributed by atoms with Crippen LogP contribution in [0.25, 0.3) is 0 Å². The minimum absolute atomic E-state index is 0.338. The van der Waals surface area contributed by atoms with Gasteiger partial charge in [0.1, 0.15) is 0 Å². The Morgan fingerprint density at radius 1 is 1.67 bits per heavy atom. The van der Waals surface area contributed by atoms with Gasteiger partial charge in [0.25, 0.3) is 0 Å². The first kappa shape index (κ1) is 8.64. The summed E-state index contributed by atoms with van der Waals surface area (Å²) in [7, 11) is 0. The van der Waals surface area contributed by atoms with Crippen molar-refractivity contribution in [2.75, 3.05) is 6.61 Å². The van der Waals surface area contributed by atoms with E-state index >= 15 is 0 Å². The summed E-state index contributed by atoms with van der Waals surface area (Å²) >= 11 is 0. The van der Waals surface area contributed by atoms with Crippen LogP contribution in [0.4, 0.5) is 0 Å². The zero-order valence-electron chi connectivity index (χ0n) is 7.16. The summed E-state index contributed by atoms with van der Waals surface area (Å²) in [5.41, 5.74) is 0.641. The van der Waals surface area contributed by atoms with Gasteiger partial charge >= 0.3 is 0 Å². The second kappa shape index (κ2) is 3.30. The molecule has 0 atom stereocenters. The lowest BCUT2D eigenvalue weighted by Crippen LogP contribution is -2.13. The van der Waals surface area contributed by atoms with Crippen molar-refractivity contribution >= 4 is 0 Å². The normalized spacial score (nSPS) is 9.83. The van der Waals surface area contributed by atoms with Crippen LogP contribution in [0.3, 0.4) is 0 Å². The molecule has 0 bridgehead atoms. The maximum absolute atomic E-state index is 9.26. The van der Waals surface area contributed by atoms with Gasteiger partial charge < -0.3 is 15.4 Å². The quantitative estimate of drug-likeness (QED) is 0.645. The molecule has 0 aliphatic rings. The Kier molecular flexibility index (Phi) is 2.38. The van der Waals surface area contributed by atoms with E-state index in [9.17, 15) is 5.21 Å². The molecule has 0 saturated carbocycles. The van der Waals surface area contributed by atoms with E-state index in [0.717, 1.165) is 4.73 Å². The molecule has 0 aliphatic carbocycles. The van der Waals surface area contributed by atoms with Crippen LogP contribution in [0.2, 0.25) is 0 Å². The first-order chi connectivity index (χ1) is 5.66. The van der Waals surface area contributed by atoms with E-state index in [1.165, 1.54) is 12.3 Å². The third-order valence-corrected chi connectivity index (χ3v) is 1.60. The largest absolute Gasteiger partial charge is 0.477 e. The van der Waals surface area contributed by atoms with Gasteiger partial charge in [0.2, 0.25) is 5.88 Å². The van der Waals surface area contributed by atoms with Crippen molar-refractivity contribution < 1.29 is 9.94 Å². The molecule has 1 heterocycles. The third-order valence-electron chi connectivity index (χ3n) is 1.60. The molecule has 0 radical (unpaired) electrons. The van der Waals surface area contributed by atoms with Crippen molar-refractivity contribution in [3.8, 4) is 5.88 Å². The average Bonchev–Trinajstić information content (AvgIpc) is 2.06. The van der Waals surface area contributed by atoms with Gasteiger partial charge in [-0.3, -0.25) is 0 Å². The van der Waals surface area contributed by atoms with E-state index in [0.29, 0.717) is 23.4 Å². The molecule has 0 spiro atoms. The molecule has 0 aromatic carbocycles. The van der Waals surface area contributed by atoms with Gasteiger partial charge in [0.15, 0.2) is 0 Å². The predicted octanol–water partition coefficient (Wildman–Crippen LogP) is 0.912. The number of aromatic nitrogens is 1. The molecule has 0 fully saturated rings. The molecule has 4 nitrogen and oxygen atoms in total. The van der Waals surface area contributed by atoms with Crippen LogP contribution in [-0.2, 0) is 0 Å². The second-order valence-electron chi connectivity index (χ2n) is 2.44.